The van der Waals surface area contributed by atoms with Gasteiger partial charge in [0.2, 0.25) is 0 Å². The van der Waals surface area contributed by atoms with Gasteiger partial charge in [0.15, 0.2) is 0 Å². The number of hydrogen-bond acceptors (Lipinski definition) is 3. The fourth-order valence-corrected chi connectivity index (χ4v) is 2.47. The van der Waals surface area contributed by atoms with Crippen LogP contribution in [0.15, 0.2) is 42.5 Å². The molecule has 3 rings (SSSR count). The maximum atomic E-state index is 12.1. The van der Waals surface area contributed by atoms with Crippen molar-refractivity contribution >= 4 is 34.7 Å². The number of amides is 1. The maximum absolute atomic E-state index is 12.1. The lowest BCUT2D eigenvalue weighted by molar-refractivity contribution is -0.114. The maximum Gasteiger partial charge on any atom is 0.299 e. The molecule has 20 heavy (non-hydrogen) atoms. The summed E-state index contributed by atoms with van der Waals surface area (Å²) in [5.74, 6) is -1.08. The van der Waals surface area contributed by atoms with E-state index in [1.165, 1.54) is 11.0 Å². The number of nitrogen functional groups attached to an aromatic ring is 1. The van der Waals surface area contributed by atoms with Crippen LogP contribution in [0, 0.1) is 0 Å². The predicted octanol–water partition coefficient (Wildman–Crippen LogP) is 2.65. The summed E-state index contributed by atoms with van der Waals surface area (Å²) in [7, 11) is 0. The van der Waals surface area contributed by atoms with E-state index >= 15 is 0 Å². The second-order valence-electron chi connectivity index (χ2n) is 4.59. The average molecular weight is 287 g/mol. The van der Waals surface area contributed by atoms with Gasteiger partial charge in [-0.05, 0) is 29.8 Å². The number of anilines is 2. The Bertz CT molecular complexity index is 728. The molecule has 0 saturated carbocycles. The fraction of sp³-hybridized carbons (Fsp3) is 0.0667. The number of hydrogen-bond donors (Lipinski definition) is 1. The Morgan fingerprint density at radius 2 is 1.85 bits per heavy atom. The van der Waals surface area contributed by atoms with Crippen LogP contribution in [-0.4, -0.2) is 11.7 Å². The number of Topliss-reactive ketones (excluding diaryl/α,β-unsaturated/α-hetero) is 1. The quantitative estimate of drug-likeness (QED) is 0.682. The standard InChI is InChI=1S/C15H11ClN2O2/c16-12-4-2-1-3-9(12)8-18-13-6-5-10(17)7-11(13)14(19)15(18)20/h1-7H,8,17H2. The summed E-state index contributed by atoms with van der Waals surface area (Å²) < 4.78 is 0. The summed E-state index contributed by atoms with van der Waals surface area (Å²) in [5.41, 5.74) is 7.84. The number of carbonyl (C=O) groups is 2. The Morgan fingerprint density at radius 1 is 1.10 bits per heavy atom. The highest BCUT2D eigenvalue weighted by molar-refractivity contribution is 6.52. The molecule has 0 aromatic heterocycles. The zero-order chi connectivity index (χ0) is 14.3. The topological polar surface area (TPSA) is 63.4 Å². The number of rotatable bonds is 2. The third kappa shape index (κ3) is 1.94. The van der Waals surface area contributed by atoms with E-state index < -0.39 is 11.7 Å². The van der Waals surface area contributed by atoms with Gasteiger partial charge in [-0.15, -0.1) is 0 Å². The van der Waals surface area contributed by atoms with E-state index in [0.29, 0.717) is 22.0 Å². The monoisotopic (exact) mass is 286 g/mol. The minimum absolute atomic E-state index is 0.265. The first-order valence-corrected chi connectivity index (χ1v) is 6.45. The molecule has 0 unspecified atom stereocenters. The van der Waals surface area contributed by atoms with Crippen molar-refractivity contribution in [2.24, 2.45) is 0 Å². The van der Waals surface area contributed by atoms with Gasteiger partial charge in [0.25, 0.3) is 11.7 Å². The molecule has 2 N–H and O–H groups in total. The van der Waals surface area contributed by atoms with Crippen LogP contribution in [-0.2, 0) is 11.3 Å². The van der Waals surface area contributed by atoms with E-state index in [9.17, 15) is 9.59 Å². The van der Waals surface area contributed by atoms with Gasteiger partial charge in [-0.25, -0.2) is 0 Å². The molecule has 1 aliphatic rings. The number of ketones is 1. The summed E-state index contributed by atoms with van der Waals surface area (Å²) in [6.45, 7) is 0.265. The first-order valence-electron chi connectivity index (χ1n) is 6.07. The van der Waals surface area contributed by atoms with Crippen LogP contribution < -0.4 is 10.6 Å². The van der Waals surface area contributed by atoms with E-state index in [1.807, 2.05) is 18.2 Å². The Morgan fingerprint density at radius 3 is 2.60 bits per heavy atom. The van der Waals surface area contributed by atoms with Crippen molar-refractivity contribution in [2.75, 3.05) is 10.6 Å². The predicted molar refractivity (Wildman–Crippen MR) is 77.8 cm³/mol. The number of nitrogens with two attached hydrogens (primary N) is 1. The van der Waals surface area contributed by atoms with Gasteiger partial charge < -0.3 is 10.6 Å². The van der Waals surface area contributed by atoms with Crippen LogP contribution in [0.5, 0.6) is 0 Å². The molecule has 1 aliphatic heterocycles. The second kappa shape index (κ2) is 4.65. The number of nitrogens with zero attached hydrogens (tertiary/aromatic N) is 1. The molecule has 0 radical (unpaired) electrons. The van der Waals surface area contributed by atoms with Gasteiger partial charge in [-0.3, -0.25) is 9.59 Å². The van der Waals surface area contributed by atoms with Crippen LogP contribution >= 0.6 is 11.6 Å². The molecule has 0 fully saturated rings. The SMILES string of the molecule is Nc1ccc2c(c1)C(=O)C(=O)N2Cc1ccccc1Cl. The third-order valence-electron chi connectivity index (χ3n) is 3.28. The number of carbonyl (C=O) groups excluding carboxylic acids is 2. The lowest BCUT2D eigenvalue weighted by Crippen LogP contribution is -2.29. The summed E-state index contributed by atoms with van der Waals surface area (Å²) in [5, 5.41) is 0.566. The van der Waals surface area contributed by atoms with E-state index in [4.69, 9.17) is 17.3 Å². The molecule has 1 amide bonds. The van der Waals surface area contributed by atoms with Gasteiger partial charge in [-0.1, -0.05) is 29.8 Å². The van der Waals surface area contributed by atoms with E-state index in [0.717, 1.165) is 5.56 Å². The zero-order valence-corrected chi connectivity index (χ0v) is 11.2. The first kappa shape index (κ1) is 12.7. The summed E-state index contributed by atoms with van der Waals surface area (Å²) in [6, 6.07) is 12.1. The Labute approximate surface area is 120 Å². The third-order valence-corrected chi connectivity index (χ3v) is 3.65. The zero-order valence-electron chi connectivity index (χ0n) is 10.5. The molecule has 2 aromatic rings. The van der Waals surface area contributed by atoms with Crippen LogP contribution in [0.2, 0.25) is 5.02 Å². The molecule has 0 bridgehead atoms. The minimum atomic E-state index is -0.550. The Hall–Kier alpha value is -2.33. The van der Waals surface area contributed by atoms with Crippen molar-refractivity contribution in [1.29, 1.82) is 0 Å². The average Bonchev–Trinajstić information content (AvgIpc) is 2.66. The minimum Gasteiger partial charge on any atom is -0.399 e. The van der Waals surface area contributed by atoms with Gasteiger partial charge in [0.1, 0.15) is 0 Å². The van der Waals surface area contributed by atoms with Crippen LogP contribution in [0.3, 0.4) is 0 Å². The summed E-state index contributed by atoms with van der Waals surface area (Å²) >= 11 is 6.10. The molecule has 4 nitrogen and oxygen atoms in total. The lowest BCUT2D eigenvalue weighted by atomic mass is 10.1. The number of benzene rings is 2. The van der Waals surface area contributed by atoms with E-state index in [2.05, 4.69) is 0 Å². The molecule has 0 spiro atoms. The molecule has 5 heteroatoms. The van der Waals surface area contributed by atoms with Crippen molar-refractivity contribution in [2.45, 2.75) is 6.54 Å². The van der Waals surface area contributed by atoms with Crippen molar-refractivity contribution in [3.8, 4) is 0 Å². The van der Waals surface area contributed by atoms with Crippen LogP contribution in [0.25, 0.3) is 0 Å². The van der Waals surface area contributed by atoms with Crippen molar-refractivity contribution < 1.29 is 9.59 Å². The smallest absolute Gasteiger partial charge is 0.299 e. The van der Waals surface area contributed by atoms with Gasteiger partial charge >= 0.3 is 0 Å². The van der Waals surface area contributed by atoms with Crippen LogP contribution in [0.4, 0.5) is 11.4 Å². The highest BCUT2D eigenvalue weighted by Gasteiger charge is 2.35. The van der Waals surface area contributed by atoms with Crippen molar-refractivity contribution in [3.63, 3.8) is 0 Å². The molecule has 2 aromatic carbocycles. The summed E-state index contributed by atoms with van der Waals surface area (Å²) in [6.07, 6.45) is 0. The van der Waals surface area contributed by atoms with Crippen LogP contribution in [0.1, 0.15) is 15.9 Å². The highest BCUT2D eigenvalue weighted by Crippen LogP contribution is 2.32. The summed E-state index contributed by atoms with van der Waals surface area (Å²) in [4.78, 5) is 25.5. The fourth-order valence-electron chi connectivity index (χ4n) is 2.27. The number of halogens is 1. The Kier molecular flexibility index (Phi) is 2.95. The molecule has 0 aliphatic carbocycles. The highest BCUT2D eigenvalue weighted by atomic mass is 35.5. The number of fused-ring (bicyclic) bond motifs is 1. The second-order valence-corrected chi connectivity index (χ2v) is 5.00. The largest absolute Gasteiger partial charge is 0.399 e. The van der Waals surface area contributed by atoms with E-state index in [-0.39, 0.29) is 6.54 Å². The lowest BCUT2D eigenvalue weighted by Gasteiger charge is -2.17. The molecular weight excluding hydrogens is 276 g/mol. The van der Waals surface area contributed by atoms with Gasteiger partial charge in [0.05, 0.1) is 17.8 Å². The molecule has 0 atom stereocenters. The first-order chi connectivity index (χ1) is 9.58. The molecule has 100 valence electrons. The molecule has 0 saturated heterocycles. The normalized spacial score (nSPS) is 13.8. The Balaban J connectivity index is 2.02. The molecule has 1 heterocycles. The van der Waals surface area contributed by atoms with E-state index in [1.54, 1.807) is 18.2 Å². The van der Waals surface area contributed by atoms with Crippen molar-refractivity contribution in [1.82, 2.24) is 0 Å². The molecular formula is C15H11ClN2O2. The van der Waals surface area contributed by atoms with Gasteiger partial charge in [0, 0.05) is 10.7 Å². The van der Waals surface area contributed by atoms with Gasteiger partial charge in [-0.2, -0.15) is 0 Å². The van der Waals surface area contributed by atoms with Crippen molar-refractivity contribution in [3.05, 3.63) is 58.6 Å².